The Balaban J connectivity index is 1.62. The van der Waals surface area contributed by atoms with Gasteiger partial charge in [-0.2, -0.15) is 0 Å². The van der Waals surface area contributed by atoms with Crippen molar-refractivity contribution < 1.29 is 9.59 Å². The summed E-state index contributed by atoms with van der Waals surface area (Å²) in [5.74, 6) is -0.0397. The number of carbonyl (C=O) groups excluding carboxylic acids is 2. The lowest BCUT2D eigenvalue weighted by Crippen LogP contribution is -2.28. The summed E-state index contributed by atoms with van der Waals surface area (Å²) in [6.07, 6.45) is 4.80. The molecule has 124 valence electrons. The largest absolute Gasteiger partial charge is 0.382 e. The number of nitrogens with zero attached hydrogens (tertiary/aromatic N) is 2. The van der Waals surface area contributed by atoms with Gasteiger partial charge in [0, 0.05) is 24.0 Å². The lowest BCUT2D eigenvalue weighted by molar-refractivity contribution is -0.117. The molecule has 2 amide bonds. The SMILES string of the molecule is C[C@@H](NC(=O)c1nccnc1N)c1ccc(NC(=O)C2CC2)cc1. The van der Waals surface area contributed by atoms with Gasteiger partial charge in [0.1, 0.15) is 0 Å². The number of anilines is 2. The second kappa shape index (κ2) is 6.66. The molecule has 1 aliphatic carbocycles. The van der Waals surface area contributed by atoms with Crippen molar-refractivity contribution in [3.05, 3.63) is 47.9 Å². The molecule has 1 heterocycles. The van der Waals surface area contributed by atoms with Crippen LogP contribution in [0.2, 0.25) is 0 Å². The number of nitrogens with one attached hydrogen (secondary N) is 2. The second-order valence-electron chi connectivity index (χ2n) is 5.87. The molecule has 3 rings (SSSR count). The van der Waals surface area contributed by atoms with Crippen molar-refractivity contribution >= 4 is 23.3 Å². The van der Waals surface area contributed by atoms with Crippen molar-refractivity contribution in [1.82, 2.24) is 15.3 Å². The predicted octanol–water partition coefficient (Wildman–Crippen LogP) is 1.90. The second-order valence-corrected chi connectivity index (χ2v) is 5.87. The van der Waals surface area contributed by atoms with Gasteiger partial charge in [0.25, 0.3) is 5.91 Å². The first-order valence-corrected chi connectivity index (χ1v) is 7.83. The maximum Gasteiger partial charge on any atom is 0.274 e. The van der Waals surface area contributed by atoms with E-state index < -0.39 is 0 Å². The van der Waals surface area contributed by atoms with Gasteiger partial charge in [-0.25, -0.2) is 9.97 Å². The van der Waals surface area contributed by atoms with Gasteiger partial charge < -0.3 is 16.4 Å². The molecular formula is C17H19N5O2. The van der Waals surface area contributed by atoms with Gasteiger partial charge in [0.05, 0.1) is 6.04 Å². The average molecular weight is 325 g/mol. The van der Waals surface area contributed by atoms with Gasteiger partial charge in [-0.1, -0.05) is 12.1 Å². The van der Waals surface area contributed by atoms with E-state index in [1.807, 2.05) is 31.2 Å². The van der Waals surface area contributed by atoms with Crippen LogP contribution in [0.5, 0.6) is 0 Å². The minimum atomic E-state index is -0.376. The predicted molar refractivity (Wildman–Crippen MR) is 90.1 cm³/mol. The molecule has 7 heteroatoms. The fraction of sp³-hybridized carbons (Fsp3) is 0.294. The Bertz CT molecular complexity index is 756. The van der Waals surface area contributed by atoms with Crippen LogP contribution in [0.3, 0.4) is 0 Å². The maximum atomic E-state index is 12.2. The maximum absolute atomic E-state index is 12.2. The first-order chi connectivity index (χ1) is 11.5. The highest BCUT2D eigenvalue weighted by atomic mass is 16.2. The van der Waals surface area contributed by atoms with Crippen LogP contribution in [0.1, 0.15) is 41.9 Å². The topological polar surface area (TPSA) is 110 Å². The Morgan fingerprint density at radius 1 is 1.17 bits per heavy atom. The molecule has 2 aromatic rings. The van der Waals surface area contributed by atoms with Crippen LogP contribution in [0.15, 0.2) is 36.7 Å². The fourth-order valence-electron chi connectivity index (χ4n) is 2.32. The van der Waals surface area contributed by atoms with Crippen molar-refractivity contribution in [1.29, 1.82) is 0 Å². The van der Waals surface area contributed by atoms with E-state index in [-0.39, 0.29) is 35.3 Å². The van der Waals surface area contributed by atoms with Crippen molar-refractivity contribution in [2.24, 2.45) is 5.92 Å². The van der Waals surface area contributed by atoms with Gasteiger partial charge in [-0.05, 0) is 37.5 Å². The highest BCUT2D eigenvalue weighted by Crippen LogP contribution is 2.30. The van der Waals surface area contributed by atoms with E-state index in [2.05, 4.69) is 20.6 Å². The van der Waals surface area contributed by atoms with Gasteiger partial charge >= 0.3 is 0 Å². The summed E-state index contributed by atoms with van der Waals surface area (Å²) in [5, 5.41) is 5.72. The molecule has 7 nitrogen and oxygen atoms in total. The van der Waals surface area contributed by atoms with Crippen molar-refractivity contribution in [2.75, 3.05) is 11.1 Å². The zero-order valence-electron chi connectivity index (χ0n) is 13.3. The molecule has 0 unspecified atom stereocenters. The summed E-state index contributed by atoms with van der Waals surface area (Å²) >= 11 is 0. The van der Waals surface area contributed by atoms with Crippen LogP contribution < -0.4 is 16.4 Å². The van der Waals surface area contributed by atoms with E-state index in [1.54, 1.807) is 0 Å². The van der Waals surface area contributed by atoms with Gasteiger partial charge in [0.2, 0.25) is 5.91 Å². The highest BCUT2D eigenvalue weighted by molar-refractivity contribution is 5.96. The molecule has 4 N–H and O–H groups in total. The van der Waals surface area contributed by atoms with Crippen LogP contribution in [-0.4, -0.2) is 21.8 Å². The molecule has 0 saturated heterocycles. The molecule has 1 aliphatic rings. The van der Waals surface area contributed by atoms with Crippen molar-refractivity contribution in [3.8, 4) is 0 Å². The van der Waals surface area contributed by atoms with Crippen molar-refractivity contribution in [3.63, 3.8) is 0 Å². The first kappa shape index (κ1) is 15.9. The molecule has 0 aliphatic heterocycles. The molecule has 1 aromatic carbocycles. The van der Waals surface area contributed by atoms with E-state index in [9.17, 15) is 9.59 Å². The van der Waals surface area contributed by atoms with Crippen LogP contribution in [-0.2, 0) is 4.79 Å². The van der Waals surface area contributed by atoms with Gasteiger partial charge in [0.15, 0.2) is 11.5 Å². The fourth-order valence-corrected chi connectivity index (χ4v) is 2.32. The molecule has 1 saturated carbocycles. The molecule has 24 heavy (non-hydrogen) atoms. The summed E-state index contributed by atoms with van der Waals surface area (Å²) in [4.78, 5) is 31.7. The number of nitrogens with two attached hydrogens (primary N) is 1. The third-order valence-electron chi connectivity index (χ3n) is 3.92. The average Bonchev–Trinajstić information content (AvgIpc) is 3.40. The van der Waals surface area contributed by atoms with Gasteiger partial charge in [-0.3, -0.25) is 9.59 Å². The Morgan fingerprint density at radius 3 is 2.46 bits per heavy atom. The smallest absolute Gasteiger partial charge is 0.274 e. The van der Waals surface area contributed by atoms with Gasteiger partial charge in [-0.15, -0.1) is 0 Å². The van der Waals surface area contributed by atoms with E-state index in [0.717, 1.165) is 24.1 Å². The van der Waals surface area contributed by atoms with Crippen molar-refractivity contribution in [2.45, 2.75) is 25.8 Å². The Kier molecular flexibility index (Phi) is 4.41. The molecule has 1 fully saturated rings. The number of benzene rings is 1. The Morgan fingerprint density at radius 2 is 1.83 bits per heavy atom. The van der Waals surface area contributed by atoms with Crippen LogP contribution in [0, 0.1) is 5.92 Å². The molecule has 1 aromatic heterocycles. The lowest BCUT2D eigenvalue weighted by Gasteiger charge is -2.15. The van der Waals surface area contributed by atoms with Crippen LogP contribution in [0.25, 0.3) is 0 Å². The number of aromatic nitrogens is 2. The van der Waals surface area contributed by atoms with Crippen LogP contribution in [0.4, 0.5) is 11.5 Å². The minimum Gasteiger partial charge on any atom is -0.382 e. The third-order valence-corrected chi connectivity index (χ3v) is 3.92. The molecule has 0 radical (unpaired) electrons. The number of amides is 2. The van der Waals surface area contributed by atoms with E-state index >= 15 is 0 Å². The number of hydrogen-bond donors (Lipinski definition) is 3. The monoisotopic (exact) mass is 325 g/mol. The number of rotatable bonds is 5. The normalized spacial score (nSPS) is 14.7. The molecule has 0 bridgehead atoms. The summed E-state index contributed by atoms with van der Waals surface area (Å²) in [7, 11) is 0. The zero-order valence-corrected chi connectivity index (χ0v) is 13.3. The zero-order chi connectivity index (χ0) is 17.1. The first-order valence-electron chi connectivity index (χ1n) is 7.83. The van der Waals surface area contributed by atoms with E-state index in [0.29, 0.717) is 0 Å². The summed E-state index contributed by atoms with van der Waals surface area (Å²) in [5.41, 5.74) is 7.43. The molecule has 0 spiro atoms. The minimum absolute atomic E-state index is 0.0715. The quantitative estimate of drug-likeness (QED) is 0.777. The number of carbonyl (C=O) groups is 2. The number of hydrogen-bond acceptors (Lipinski definition) is 5. The summed E-state index contributed by atoms with van der Waals surface area (Å²) in [6.45, 7) is 1.86. The van der Waals surface area contributed by atoms with E-state index in [4.69, 9.17) is 5.73 Å². The van der Waals surface area contributed by atoms with E-state index in [1.165, 1.54) is 12.4 Å². The standard InChI is InChI=1S/C17H19N5O2/c1-10(21-17(24)14-15(18)20-9-8-19-14)11-4-6-13(7-5-11)22-16(23)12-2-3-12/h4-10,12H,2-3H2,1H3,(H2,18,20)(H,21,24)(H,22,23)/t10-/m1/s1. The summed E-state index contributed by atoms with van der Waals surface area (Å²) < 4.78 is 0. The Labute approximate surface area is 139 Å². The lowest BCUT2D eigenvalue weighted by atomic mass is 10.1. The summed E-state index contributed by atoms with van der Waals surface area (Å²) in [6, 6.07) is 7.16. The Hall–Kier alpha value is -2.96. The molecular weight excluding hydrogens is 306 g/mol. The number of nitrogen functional groups attached to an aromatic ring is 1. The third kappa shape index (κ3) is 3.68. The van der Waals surface area contributed by atoms with Crippen LogP contribution >= 0.6 is 0 Å². The molecule has 1 atom stereocenters. The highest BCUT2D eigenvalue weighted by Gasteiger charge is 2.29.